The quantitative estimate of drug-likeness (QED) is 0.501. The van der Waals surface area contributed by atoms with Crippen LogP contribution in [0, 0.1) is 0 Å². The van der Waals surface area contributed by atoms with E-state index in [0.717, 1.165) is 0 Å². The first-order valence-electron chi connectivity index (χ1n) is 5.34. The Morgan fingerprint density at radius 1 is 0.792 bits per heavy atom. The maximum atomic E-state index is 13.3. The Bertz CT molecular complexity index is 597. The Hall–Kier alpha value is -0.930. The van der Waals surface area contributed by atoms with Crippen LogP contribution in [-0.2, 0) is 14.3 Å². The topological polar surface area (TPSA) is 43.4 Å². The van der Waals surface area contributed by atoms with E-state index >= 15 is 0 Å². The molecule has 1 atom stereocenters. The van der Waals surface area contributed by atoms with Crippen LogP contribution in [-0.4, -0.2) is 56.3 Å². The highest BCUT2D eigenvalue weighted by Crippen LogP contribution is 2.59. The summed E-state index contributed by atoms with van der Waals surface area (Å²) in [4.78, 5) is 0. The third kappa shape index (κ3) is 2.43. The van der Waals surface area contributed by atoms with E-state index in [1.807, 2.05) is 0 Å². The predicted molar refractivity (Wildman–Crippen MR) is 49.4 cm³/mol. The molecule has 0 aromatic carbocycles. The zero-order valence-corrected chi connectivity index (χ0v) is 11.3. The molecule has 1 unspecified atom stereocenters. The van der Waals surface area contributed by atoms with Gasteiger partial charge in [0.1, 0.15) is 0 Å². The molecular formula is C8H4F12O3S. The van der Waals surface area contributed by atoms with Crippen molar-refractivity contribution in [2.24, 2.45) is 0 Å². The van der Waals surface area contributed by atoms with Crippen molar-refractivity contribution in [3.8, 4) is 0 Å². The lowest BCUT2D eigenvalue weighted by molar-refractivity contribution is -0.413. The number of rotatable bonds is 6. The van der Waals surface area contributed by atoms with Crippen LogP contribution in [0.3, 0.4) is 0 Å². The van der Waals surface area contributed by atoms with Gasteiger partial charge in [-0.2, -0.15) is 52.3 Å². The third-order valence-electron chi connectivity index (χ3n) is 3.04. The Labute approximate surface area is 124 Å². The van der Waals surface area contributed by atoms with Gasteiger partial charge in [-0.05, 0) is 0 Å². The van der Waals surface area contributed by atoms with Crippen molar-refractivity contribution in [3.05, 3.63) is 0 Å². The van der Waals surface area contributed by atoms with Crippen LogP contribution in [0.5, 0.6) is 0 Å². The minimum atomic E-state index is -7.74. The van der Waals surface area contributed by atoms with E-state index in [-0.39, 0.29) is 0 Å². The van der Waals surface area contributed by atoms with Crippen molar-refractivity contribution in [3.63, 3.8) is 0 Å². The molecule has 0 N–H and O–H groups in total. The molecule has 0 amide bonds. The molecule has 1 rings (SSSR count). The standard InChI is InChI=1S/C8H4F12O3S/c9-3(10)5(13,14)7(17,18)8(19,20)6(15,16)4(11,12)2-1-23-24(2,21)22/h2-3H,1H2. The molecule has 16 heteroatoms. The number of alkyl halides is 12. The normalized spacial score (nSPS) is 23.3. The smallest absolute Gasteiger partial charge is 0.268 e. The van der Waals surface area contributed by atoms with Gasteiger partial charge in [0.05, 0.1) is 6.61 Å². The molecule has 1 heterocycles. The molecule has 144 valence electrons. The van der Waals surface area contributed by atoms with Gasteiger partial charge >= 0.3 is 36.0 Å². The zero-order valence-electron chi connectivity index (χ0n) is 10.5. The van der Waals surface area contributed by atoms with Gasteiger partial charge < -0.3 is 0 Å². The minimum absolute atomic E-state index is 1.84. The molecule has 0 saturated carbocycles. The first kappa shape index (κ1) is 21.1. The summed E-state index contributed by atoms with van der Waals surface area (Å²) in [6.07, 6.45) is -5.61. The molecule has 1 aliphatic heterocycles. The lowest BCUT2D eigenvalue weighted by Gasteiger charge is -2.42. The average molecular weight is 408 g/mol. The molecule has 1 fully saturated rings. The maximum Gasteiger partial charge on any atom is 0.384 e. The molecular weight excluding hydrogens is 404 g/mol. The Balaban J connectivity index is 3.44. The van der Waals surface area contributed by atoms with Gasteiger partial charge in [0, 0.05) is 0 Å². The van der Waals surface area contributed by atoms with Gasteiger partial charge in [0.25, 0.3) is 10.1 Å². The van der Waals surface area contributed by atoms with Gasteiger partial charge in [-0.3, -0.25) is 4.18 Å². The summed E-state index contributed by atoms with van der Waals surface area (Å²) in [5.41, 5.74) is 0. The summed E-state index contributed by atoms with van der Waals surface area (Å²) < 4.78 is 178. The molecule has 1 aliphatic rings. The molecule has 1 saturated heterocycles. The second-order valence-electron chi connectivity index (χ2n) is 4.54. The SMILES string of the molecule is O=S1(=O)OCC1C(F)(F)C(F)(F)C(F)(F)C(F)(F)C(F)(F)C(F)F. The lowest BCUT2D eigenvalue weighted by Crippen LogP contribution is -2.72. The summed E-state index contributed by atoms with van der Waals surface area (Å²) in [5.74, 6) is -36.5. The zero-order chi connectivity index (χ0) is 19.6. The monoisotopic (exact) mass is 408 g/mol. The van der Waals surface area contributed by atoms with Crippen LogP contribution >= 0.6 is 0 Å². The van der Waals surface area contributed by atoms with Gasteiger partial charge in [0.2, 0.25) is 0 Å². The van der Waals surface area contributed by atoms with Crippen LogP contribution in [0.15, 0.2) is 0 Å². The summed E-state index contributed by atoms with van der Waals surface area (Å²) in [5, 5.41) is -3.76. The first-order valence-corrected chi connectivity index (χ1v) is 6.81. The van der Waals surface area contributed by atoms with Crippen LogP contribution in [0.4, 0.5) is 52.7 Å². The van der Waals surface area contributed by atoms with Crippen molar-refractivity contribution in [1.82, 2.24) is 0 Å². The largest absolute Gasteiger partial charge is 0.384 e. The molecule has 3 nitrogen and oxygen atoms in total. The molecule has 0 bridgehead atoms. The van der Waals surface area contributed by atoms with E-state index in [9.17, 15) is 61.1 Å². The first-order chi connectivity index (χ1) is 10.3. The van der Waals surface area contributed by atoms with E-state index in [1.54, 1.807) is 0 Å². The van der Waals surface area contributed by atoms with Gasteiger partial charge in [-0.25, -0.2) is 8.78 Å². The molecule has 0 aromatic rings. The minimum Gasteiger partial charge on any atom is -0.268 e. The number of halogens is 12. The number of hydrogen-bond donors (Lipinski definition) is 0. The summed E-state index contributed by atoms with van der Waals surface area (Å²) >= 11 is 0. The molecule has 0 spiro atoms. The predicted octanol–water partition coefficient (Wildman–Crippen LogP) is 3.16. The summed E-state index contributed by atoms with van der Waals surface area (Å²) in [6.45, 7) is -1.84. The Kier molecular flexibility index (Phi) is 4.65. The highest BCUT2D eigenvalue weighted by Gasteiger charge is 2.89. The molecule has 0 aliphatic carbocycles. The summed E-state index contributed by atoms with van der Waals surface area (Å²) in [7, 11) is -5.56. The second-order valence-corrected chi connectivity index (χ2v) is 6.33. The fourth-order valence-electron chi connectivity index (χ4n) is 1.49. The van der Waals surface area contributed by atoms with E-state index in [1.165, 1.54) is 0 Å². The highest BCUT2D eigenvalue weighted by atomic mass is 32.2. The van der Waals surface area contributed by atoms with E-state index in [2.05, 4.69) is 4.18 Å². The Morgan fingerprint density at radius 3 is 1.46 bits per heavy atom. The fraction of sp³-hybridized carbons (Fsp3) is 1.00. The average Bonchev–Trinajstić information content (AvgIpc) is 2.35. The highest BCUT2D eigenvalue weighted by molar-refractivity contribution is 7.88. The Morgan fingerprint density at radius 2 is 1.21 bits per heavy atom. The van der Waals surface area contributed by atoms with E-state index in [4.69, 9.17) is 0 Å². The van der Waals surface area contributed by atoms with Crippen LogP contribution in [0.1, 0.15) is 0 Å². The van der Waals surface area contributed by atoms with Crippen molar-refractivity contribution < 1.29 is 65.3 Å². The fourth-order valence-corrected chi connectivity index (χ4v) is 2.49. The van der Waals surface area contributed by atoms with Gasteiger partial charge in [0.15, 0.2) is 5.25 Å². The second kappa shape index (κ2) is 5.28. The van der Waals surface area contributed by atoms with Crippen molar-refractivity contribution in [2.75, 3.05) is 6.61 Å². The van der Waals surface area contributed by atoms with Gasteiger partial charge in [-0.15, -0.1) is 0 Å². The number of hydrogen-bond acceptors (Lipinski definition) is 3. The van der Waals surface area contributed by atoms with Crippen LogP contribution in [0.2, 0.25) is 0 Å². The molecule has 24 heavy (non-hydrogen) atoms. The van der Waals surface area contributed by atoms with E-state index in [0.29, 0.717) is 0 Å². The van der Waals surface area contributed by atoms with Crippen molar-refractivity contribution >= 4 is 10.1 Å². The molecule has 0 radical (unpaired) electrons. The van der Waals surface area contributed by atoms with Crippen LogP contribution in [0.25, 0.3) is 0 Å². The van der Waals surface area contributed by atoms with Crippen molar-refractivity contribution in [2.45, 2.75) is 41.3 Å². The van der Waals surface area contributed by atoms with Crippen molar-refractivity contribution in [1.29, 1.82) is 0 Å². The lowest BCUT2D eigenvalue weighted by atomic mass is 9.93. The van der Waals surface area contributed by atoms with Gasteiger partial charge in [-0.1, -0.05) is 0 Å². The maximum absolute atomic E-state index is 13.3. The third-order valence-corrected chi connectivity index (χ3v) is 4.63. The molecule has 0 aromatic heterocycles. The van der Waals surface area contributed by atoms with Crippen LogP contribution < -0.4 is 0 Å². The summed E-state index contributed by atoms with van der Waals surface area (Å²) in [6, 6.07) is 0. The van der Waals surface area contributed by atoms with E-state index < -0.39 is 58.0 Å².